The van der Waals surface area contributed by atoms with Crippen molar-refractivity contribution < 1.29 is 9.47 Å². The number of hydrogen-bond donors (Lipinski definition) is 2. The van der Waals surface area contributed by atoms with Crippen molar-refractivity contribution >= 4 is 12.6 Å². The Morgan fingerprint density at radius 2 is 2.24 bits per heavy atom. The van der Waals surface area contributed by atoms with Crippen LogP contribution in [0.3, 0.4) is 0 Å². The third kappa shape index (κ3) is 3.09. The van der Waals surface area contributed by atoms with Crippen molar-refractivity contribution in [2.24, 2.45) is 0 Å². The molecule has 2 atom stereocenters. The van der Waals surface area contributed by atoms with E-state index in [4.69, 9.17) is 15.9 Å². The molecule has 1 aliphatic rings. The number of nitrogens with one attached hydrogen (secondary N) is 1. The van der Waals surface area contributed by atoms with Gasteiger partial charge in [-0.1, -0.05) is 12.0 Å². The highest BCUT2D eigenvalue weighted by Gasteiger charge is 2.15. The summed E-state index contributed by atoms with van der Waals surface area (Å²) in [6, 6.07) is 5.86. The molecule has 2 rings (SSSR count). The van der Waals surface area contributed by atoms with Gasteiger partial charge in [0, 0.05) is 5.37 Å². The molecule has 0 aromatic heterocycles. The van der Waals surface area contributed by atoms with Crippen LogP contribution in [0.25, 0.3) is 0 Å². The Labute approximate surface area is 107 Å². The molecule has 1 aromatic carbocycles. The summed E-state index contributed by atoms with van der Waals surface area (Å²) in [7, 11) is 0. The second-order valence-electron chi connectivity index (χ2n) is 3.95. The molecule has 2 unspecified atom stereocenters. The van der Waals surface area contributed by atoms with Crippen molar-refractivity contribution in [2.45, 2.75) is 24.8 Å². The normalized spacial score (nSPS) is 16.3. The van der Waals surface area contributed by atoms with E-state index in [1.165, 1.54) is 0 Å². The van der Waals surface area contributed by atoms with Gasteiger partial charge in [-0.15, -0.1) is 6.42 Å². The summed E-state index contributed by atoms with van der Waals surface area (Å²) < 4.78 is 10.6. The Morgan fingerprint density at radius 1 is 1.47 bits per heavy atom. The lowest BCUT2D eigenvalue weighted by molar-refractivity contribution is 0.174. The minimum atomic E-state index is -0.0251. The third-order valence-corrected chi connectivity index (χ3v) is 2.67. The standard InChI is InChI=1S/C13H15NO2S/c1-3-11(14-9(2)17)6-10-4-5-12-13(7-10)16-8-15-12/h1,4-5,7,9,11,14,17H,6,8H2,2H3. The first-order valence-corrected chi connectivity index (χ1v) is 5.99. The molecule has 0 aliphatic carbocycles. The Balaban J connectivity index is 2.05. The molecule has 0 saturated carbocycles. The summed E-state index contributed by atoms with van der Waals surface area (Å²) in [5, 5.41) is 3.28. The van der Waals surface area contributed by atoms with Gasteiger partial charge < -0.3 is 9.47 Å². The van der Waals surface area contributed by atoms with Crippen molar-refractivity contribution in [2.75, 3.05) is 6.79 Å². The van der Waals surface area contributed by atoms with E-state index < -0.39 is 0 Å². The summed E-state index contributed by atoms with van der Waals surface area (Å²) >= 11 is 4.27. The van der Waals surface area contributed by atoms with Crippen LogP contribution in [0.15, 0.2) is 18.2 Å². The van der Waals surface area contributed by atoms with Gasteiger partial charge in [0.25, 0.3) is 0 Å². The van der Waals surface area contributed by atoms with Crippen LogP contribution in [-0.4, -0.2) is 18.2 Å². The lowest BCUT2D eigenvalue weighted by Gasteiger charge is -2.15. The van der Waals surface area contributed by atoms with Crippen molar-refractivity contribution in [3.05, 3.63) is 23.8 Å². The molecular weight excluding hydrogens is 234 g/mol. The molecule has 4 heteroatoms. The number of hydrogen-bond acceptors (Lipinski definition) is 4. The van der Waals surface area contributed by atoms with Crippen LogP contribution in [0.2, 0.25) is 0 Å². The van der Waals surface area contributed by atoms with Gasteiger partial charge in [0.05, 0.1) is 6.04 Å². The van der Waals surface area contributed by atoms with Crippen molar-refractivity contribution in [1.82, 2.24) is 5.32 Å². The summed E-state index contributed by atoms with van der Waals surface area (Å²) in [6.07, 6.45) is 6.23. The van der Waals surface area contributed by atoms with E-state index in [9.17, 15) is 0 Å². The first kappa shape index (κ1) is 12.2. The fourth-order valence-electron chi connectivity index (χ4n) is 1.76. The van der Waals surface area contributed by atoms with Gasteiger partial charge >= 0.3 is 0 Å². The molecule has 90 valence electrons. The molecule has 0 saturated heterocycles. The molecule has 3 nitrogen and oxygen atoms in total. The highest BCUT2D eigenvalue weighted by atomic mass is 32.1. The number of terminal acetylenes is 1. The first-order chi connectivity index (χ1) is 8.19. The van der Waals surface area contributed by atoms with Gasteiger partial charge in [0.1, 0.15) is 0 Å². The molecule has 0 radical (unpaired) electrons. The smallest absolute Gasteiger partial charge is 0.231 e. The lowest BCUT2D eigenvalue weighted by Crippen LogP contribution is -2.33. The molecule has 0 bridgehead atoms. The monoisotopic (exact) mass is 249 g/mol. The number of rotatable bonds is 4. The second kappa shape index (κ2) is 5.35. The summed E-state index contributed by atoms with van der Waals surface area (Å²) in [5.41, 5.74) is 1.12. The molecule has 0 spiro atoms. The summed E-state index contributed by atoms with van der Waals surface area (Å²) in [5.74, 6) is 4.30. The van der Waals surface area contributed by atoms with E-state index in [1.807, 2.05) is 25.1 Å². The highest BCUT2D eigenvalue weighted by Crippen LogP contribution is 2.32. The van der Waals surface area contributed by atoms with E-state index in [0.29, 0.717) is 6.79 Å². The molecule has 1 aromatic rings. The number of benzene rings is 1. The predicted octanol–water partition coefficient (Wildman–Crippen LogP) is 1.82. The van der Waals surface area contributed by atoms with Crippen LogP contribution in [-0.2, 0) is 6.42 Å². The molecule has 17 heavy (non-hydrogen) atoms. The molecule has 0 fully saturated rings. The lowest BCUT2D eigenvalue weighted by atomic mass is 10.1. The van der Waals surface area contributed by atoms with Crippen LogP contribution >= 0.6 is 12.6 Å². The molecule has 1 heterocycles. The fraction of sp³-hybridized carbons (Fsp3) is 0.385. The Bertz CT molecular complexity index is 440. The maximum Gasteiger partial charge on any atom is 0.231 e. The average molecular weight is 249 g/mol. The van der Waals surface area contributed by atoms with Crippen LogP contribution in [0.4, 0.5) is 0 Å². The number of fused-ring (bicyclic) bond motifs is 1. The average Bonchev–Trinajstić information content (AvgIpc) is 2.74. The summed E-state index contributed by atoms with van der Waals surface area (Å²) in [4.78, 5) is 0. The van der Waals surface area contributed by atoms with Gasteiger partial charge in [-0.25, -0.2) is 0 Å². The van der Waals surface area contributed by atoms with E-state index >= 15 is 0 Å². The summed E-state index contributed by atoms with van der Waals surface area (Å²) in [6.45, 7) is 2.25. The highest BCUT2D eigenvalue weighted by molar-refractivity contribution is 7.80. The number of thiol groups is 1. The number of ether oxygens (including phenoxy) is 2. The van der Waals surface area contributed by atoms with Crippen LogP contribution in [0.1, 0.15) is 12.5 Å². The van der Waals surface area contributed by atoms with Gasteiger partial charge in [0.2, 0.25) is 6.79 Å². The maximum atomic E-state index is 5.48. The third-order valence-electron chi connectivity index (χ3n) is 2.52. The van der Waals surface area contributed by atoms with Gasteiger partial charge in [-0.2, -0.15) is 12.6 Å². The minimum Gasteiger partial charge on any atom is -0.454 e. The molecule has 0 amide bonds. The largest absolute Gasteiger partial charge is 0.454 e. The Morgan fingerprint density at radius 3 is 2.94 bits per heavy atom. The van der Waals surface area contributed by atoms with Crippen LogP contribution < -0.4 is 14.8 Å². The van der Waals surface area contributed by atoms with Crippen LogP contribution in [0, 0.1) is 12.3 Å². The zero-order valence-electron chi connectivity index (χ0n) is 9.64. The Hall–Kier alpha value is -1.31. The van der Waals surface area contributed by atoms with Crippen molar-refractivity contribution in [3.8, 4) is 23.8 Å². The molecular formula is C13H15NO2S. The topological polar surface area (TPSA) is 30.5 Å². The van der Waals surface area contributed by atoms with Crippen molar-refractivity contribution in [3.63, 3.8) is 0 Å². The van der Waals surface area contributed by atoms with Gasteiger partial charge in [0.15, 0.2) is 11.5 Å². The molecule has 1 aliphatic heterocycles. The van der Waals surface area contributed by atoms with Gasteiger partial charge in [-0.3, -0.25) is 5.32 Å². The van der Waals surface area contributed by atoms with E-state index in [2.05, 4.69) is 23.9 Å². The quantitative estimate of drug-likeness (QED) is 0.485. The van der Waals surface area contributed by atoms with Crippen LogP contribution in [0.5, 0.6) is 11.5 Å². The maximum absolute atomic E-state index is 5.48. The Kier molecular flexibility index (Phi) is 3.82. The first-order valence-electron chi connectivity index (χ1n) is 5.48. The van der Waals surface area contributed by atoms with E-state index in [1.54, 1.807) is 0 Å². The zero-order valence-corrected chi connectivity index (χ0v) is 10.5. The second-order valence-corrected chi connectivity index (χ2v) is 4.73. The SMILES string of the molecule is C#CC(Cc1ccc2c(c1)OCO2)NC(C)S. The minimum absolute atomic E-state index is 0.0251. The zero-order chi connectivity index (χ0) is 12.3. The van der Waals surface area contributed by atoms with E-state index in [0.717, 1.165) is 23.5 Å². The predicted molar refractivity (Wildman–Crippen MR) is 70.5 cm³/mol. The molecule has 1 N–H and O–H groups in total. The van der Waals surface area contributed by atoms with Gasteiger partial charge in [-0.05, 0) is 31.0 Å². The fourth-order valence-corrected chi connectivity index (χ4v) is 1.94. The van der Waals surface area contributed by atoms with Crippen molar-refractivity contribution in [1.29, 1.82) is 0 Å². The van der Waals surface area contributed by atoms with E-state index in [-0.39, 0.29) is 11.4 Å².